The Hall–Kier alpha value is -1.71. The summed E-state index contributed by atoms with van der Waals surface area (Å²) in [7, 11) is 0. The Morgan fingerprint density at radius 2 is 2.00 bits per heavy atom. The van der Waals surface area contributed by atoms with E-state index in [1.807, 2.05) is 13.8 Å². The maximum atomic E-state index is 11.1. The van der Waals surface area contributed by atoms with Crippen molar-refractivity contribution in [2.75, 3.05) is 6.61 Å². The van der Waals surface area contributed by atoms with E-state index in [0.29, 0.717) is 18.1 Å². The quantitative estimate of drug-likeness (QED) is 0.582. The van der Waals surface area contributed by atoms with Crippen LogP contribution in [0, 0.1) is 0 Å². The first-order valence-electron chi connectivity index (χ1n) is 5.23. The molecule has 0 radical (unpaired) electrons. The lowest BCUT2D eigenvalue weighted by Gasteiger charge is -2.10. The summed E-state index contributed by atoms with van der Waals surface area (Å²) in [6, 6.07) is 6.88. The molecular weight excluding hydrogens is 208 g/mol. The lowest BCUT2D eigenvalue weighted by Crippen LogP contribution is -2.10. The highest BCUT2D eigenvalue weighted by Crippen LogP contribution is 2.20. The molecule has 0 spiro atoms. The number of hydrogen-bond acceptors (Lipinski definition) is 4. The van der Waals surface area contributed by atoms with Gasteiger partial charge in [0, 0.05) is 6.07 Å². The Kier molecular flexibility index (Phi) is 4.64. The summed E-state index contributed by atoms with van der Waals surface area (Å²) in [6.45, 7) is 5.87. The Morgan fingerprint density at radius 1 is 1.31 bits per heavy atom. The highest BCUT2D eigenvalue weighted by molar-refractivity contribution is 5.63. The van der Waals surface area contributed by atoms with Crippen LogP contribution < -0.4 is 9.47 Å². The van der Waals surface area contributed by atoms with Gasteiger partial charge in [0.05, 0.1) is 12.7 Å². The van der Waals surface area contributed by atoms with Crippen molar-refractivity contribution < 1.29 is 19.0 Å². The summed E-state index contributed by atoms with van der Waals surface area (Å²) >= 11 is 0. The topological polar surface area (TPSA) is 44.8 Å². The van der Waals surface area contributed by atoms with E-state index < -0.39 is 6.16 Å². The zero-order valence-corrected chi connectivity index (χ0v) is 9.73. The van der Waals surface area contributed by atoms with Crippen molar-refractivity contribution in [2.45, 2.75) is 26.9 Å². The van der Waals surface area contributed by atoms with E-state index in [1.54, 1.807) is 31.2 Å². The second-order valence-electron chi connectivity index (χ2n) is 3.43. The molecule has 1 aromatic rings. The first kappa shape index (κ1) is 12.4. The Bertz CT molecular complexity index is 347. The molecule has 0 bridgehead atoms. The van der Waals surface area contributed by atoms with E-state index in [2.05, 4.69) is 4.74 Å². The summed E-state index contributed by atoms with van der Waals surface area (Å²) in [5.41, 5.74) is 0. The van der Waals surface area contributed by atoms with Gasteiger partial charge >= 0.3 is 6.16 Å². The molecule has 88 valence electrons. The van der Waals surface area contributed by atoms with Crippen LogP contribution in [0.3, 0.4) is 0 Å². The summed E-state index contributed by atoms with van der Waals surface area (Å²) in [5, 5.41) is 0. The summed E-state index contributed by atoms with van der Waals surface area (Å²) in [5.74, 6) is 1.08. The number of hydrogen-bond donors (Lipinski definition) is 0. The second-order valence-corrected chi connectivity index (χ2v) is 3.43. The van der Waals surface area contributed by atoms with Crippen LogP contribution in [0.5, 0.6) is 11.5 Å². The van der Waals surface area contributed by atoms with E-state index in [1.165, 1.54) is 0 Å². The molecule has 0 aliphatic carbocycles. The van der Waals surface area contributed by atoms with E-state index >= 15 is 0 Å². The SMILES string of the molecule is CCOC(=O)Oc1cccc(OC(C)C)c1. The predicted molar refractivity (Wildman–Crippen MR) is 59.9 cm³/mol. The standard InChI is InChI=1S/C12H16O4/c1-4-14-12(13)16-11-7-5-6-10(8-11)15-9(2)3/h5-9H,4H2,1-3H3. The molecule has 4 heteroatoms. The number of carbonyl (C=O) groups is 1. The first-order valence-corrected chi connectivity index (χ1v) is 5.23. The van der Waals surface area contributed by atoms with Crippen molar-refractivity contribution in [3.63, 3.8) is 0 Å². The van der Waals surface area contributed by atoms with Gasteiger partial charge in [0.15, 0.2) is 0 Å². The third kappa shape index (κ3) is 4.21. The van der Waals surface area contributed by atoms with Crippen LogP contribution in [-0.2, 0) is 4.74 Å². The fourth-order valence-electron chi connectivity index (χ4n) is 1.13. The van der Waals surface area contributed by atoms with Crippen LogP contribution >= 0.6 is 0 Å². The van der Waals surface area contributed by atoms with Gasteiger partial charge < -0.3 is 14.2 Å². The van der Waals surface area contributed by atoms with Crippen molar-refractivity contribution >= 4 is 6.16 Å². The van der Waals surface area contributed by atoms with Crippen molar-refractivity contribution in [1.29, 1.82) is 0 Å². The maximum absolute atomic E-state index is 11.1. The minimum atomic E-state index is -0.704. The molecule has 0 amide bonds. The zero-order valence-electron chi connectivity index (χ0n) is 9.73. The molecule has 1 rings (SSSR count). The summed E-state index contributed by atoms with van der Waals surface area (Å²) in [4.78, 5) is 11.1. The van der Waals surface area contributed by atoms with Crippen LogP contribution in [0.1, 0.15) is 20.8 Å². The van der Waals surface area contributed by atoms with Gasteiger partial charge in [-0.15, -0.1) is 0 Å². The molecule has 4 nitrogen and oxygen atoms in total. The zero-order chi connectivity index (χ0) is 12.0. The van der Waals surface area contributed by atoms with Crippen molar-refractivity contribution in [3.05, 3.63) is 24.3 Å². The van der Waals surface area contributed by atoms with Gasteiger partial charge in [-0.2, -0.15) is 0 Å². The average molecular weight is 224 g/mol. The van der Waals surface area contributed by atoms with Gasteiger partial charge in [-0.1, -0.05) is 6.07 Å². The van der Waals surface area contributed by atoms with Gasteiger partial charge in [0.1, 0.15) is 11.5 Å². The first-order chi connectivity index (χ1) is 7.61. The van der Waals surface area contributed by atoms with Crippen molar-refractivity contribution in [2.24, 2.45) is 0 Å². The highest BCUT2D eigenvalue weighted by Gasteiger charge is 2.06. The van der Waals surface area contributed by atoms with E-state index in [4.69, 9.17) is 9.47 Å². The van der Waals surface area contributed by atoms with Crippen LogP contribution in [0.25, 0.3) is 0 Å². The molecule has 1 aromatic carbocycles. The molecule has 0 aliphatic rings. The Balaban J connectivity index is 2.63. The van der Waals surface area contributed by atoms with Gasteiger partial charge in [-0.3, -0.25) is 0 Å². The summed E-state index contributed by atoms with van der Waals surface area (Å²) in [6.07, 6.45) is -0.623. The van der Waals surface area contributed by atoms with Gasteiger partial charge in [0.2, 0.25) is 0 Å². The molecule has 0 saturated heterocycles. The van der Waals surface area contributed by atoms with E-state index in [9.17, 15) is 4.79 Å². The number of carbonyl (C=O) groups excluding carboxylic acids is 1. The maximum Gasteiger partial charge on any atom is 0.513 e. The van der Waals surface area contributed by atoms with Gasteiger partial charge in [0.25, 0.3) is 0 Å². The fraction of sp³-hybridized carbons (Fsp3) is 0.417. The van der Waals surface area contributed by atoms with Crippen molar-refractivity contribution in [1.82, 2.24) is 0 Å². The van der Waals surface area contributed by atoms with E-state index in [-0.39, 0.29) is 6.10 Å². The predicted octanol–water partition coefficient (Wildman–Crippen LogP) is 3.01. The normalized spacial score (nSPS) is 10.0. The van der Waals surface area contributed by atoms with E-state index in [0.717, 1.165) is 0 Å². The lowest BCUT2D eigenvalue weighted by atomic mass is 10.3. The molecule has 0 fully saturated rings. The number of ether oxygens (including phenoxy) is 3. The Labute approximate surface area is 95.1 Å². The average Bonchev–Trinajstić information content (AvgIpc) is 2.17. The molecule has 0 saturated carbocycles. The molecule has 0 aliphatic heterocycles. The molecule has 0 aromatic heterocycles. The molecule has 0 unspecified atom stereocenters. The number of benzene rings is 1. The van der Waals surface area contributed by atoms with Gasteiger partial charge in [-0.05, 0) is 32.9 Å². The Morgan fingerprint density at radius 3 is 2.62 bits per heavy atom. The third-order valence-electron chi connectivity index (χ3n) is 1.64. The summed E-state index contributed by atoms with van der Waals surface area (Å²) < 4.78 is 15.1. The largest absolute Gasteiger partial charge is 0.513 e. The lowest BCUT2D eigenvalue weighted by molar-refractivity contribution is 0.104. The van der Waals surface area contributed by atoms with Crippen LogP contribution in [0.15, 0.2) is 24.3 Å². The molecule has 0 heterocycles. The molecule has 0 N–H and O–H groups in total. The minimum absolute atomic E-state index is 0.0813. The smallest absolute Gasteiger partial charge is 0.491 e. The van der Waals surface area contributed by atoms with Crippen molar-refractivity contribution in [3.8, 4) is 11.5 Å². The highest BCUT2D eigenvalue weighted by atomic mass is 16.7. The van der Waals surface area contributed by atoms with Crippen LogP contribution in [0.2, 0.25) is 0 Å². The minimum Gasteiger partial charge on any atom is -0.491 e. The molecule has 0 atom stereocenters. The van der Waals surface area contributed by atoms with Gasteiger partial charge in [-0.25, -0.2) is 4.79 Å². The monoisotopic (exact) mass is 224 g/mol. The number of rotatable bonds is 4. The molecule has 16 heavy (non-hydrogen) atoms. The third-order valence-corrected chi connectivity index (χ3v) is 1.64. The molecular formula is C12H16O4. The fourth-order valence-corrected chi connectivity index (χ4v) is 1.13. The van der Waals surface area contributed by atoms with Crippen LogP contribution in [-0.4, -0.2) is 18.9 Å². The van der Waals surface area contributed by atoms with Crippen LogP contribution in [0.4, 0.5) is 4.79 Å². The second kappa shape index (κ2) is 6.00.